The first kappa shape index (κ1) is 17.6. The average Bonchev–Trinajstić information content (AvgIpc) is 3.03. The fourth-order valence-electron chi connectivity index (χ4n) is 1.55. The van der Waals surface area contributed by atoms with Crippen molar-refractivity contribution in [1.29, 1.82) is 0 Å². The topological polar surface area (TPSA) is 94.8 Å². The van der Waals surface area contributed by atoms with Crippen molar-refractivity contribution in [2.45, 2.75) is 20.0 Å². The number of carbonyl (C=O) groups excluding carboxylic acids is 3. The van der Waals surface area contributed by atoms with E-state index in [2.05, 4.69) is 4.74 Å². The zero-order valence-electron chi connectivity index (χ0n) is 12.7. The van der Waals surface area contributed by atoms with Crippen LogP contribution < -0.4 is 0 Å². The number of hydrogen-bond donors (Lipinski definition) is 1. The molecule has 0 aromatic carbocycles. The summed E-state index contributed by atoms with van der Waals surface area (Å²) in [7, 11) is 1.18. The van der Waals surface area contributed by atoms with Gasteiger partial charge in [0.05, 0.1) is 13.7 Å². The lowest BCUT2D eigenvalue weighted by Crippen LogP contribution is -2.42. The van der Waals surface area contributed by atoms with E-state index in [1.807, 2.05) is 0 Å². The first-order valence-corrected chi connectivity index (χ1v) is 6.56. The third-order valence-corrected chi connectivity index (χ3v) is 2.98. The van der Waals surface area contributed by atoms with Crippen molar-refractivity contribution >= 4 is 17.8 Å². The predicted molar refractivity (Wildman–Crippen MR) is 77.0 cm³/mol. The van der Waals surface area contributed by atoms with E-state index in [9.17, 15) is 19.5 Å². The van der Waals surface area contributed by atoms with Gasteiger partial charge in [-0.05, 0) is 12.1 Å². The first-order valence-electron chi connectivity index (χ1n) is 6.56. The summed E-state index contributed by atoms with van der Waals surface area (Å²) in [5.41, 5.74) is -0.990. The molecule has 7 nitrogen and oxygen atoms in total. The van der Waals surface area contributed by atoms with Crippen molar-refractivity contribution in [3.05, 3.63) is 36.7 Å². The molecule has 0 bridgehead atoms. The van der Waals surface area contributed by atoms with Crippen LogP contribution in [0, 0.1) is 5.41 Å². The summed E-state index contributed by atoms with van der Waals surface area (Å²) >= 11 is 0. The number of esters is 2. The van der Waals surface area contributed by atoms with Crippen molar-refractivity contribution in [2.75, 3.05) is 13.7 Å². The maximum absolute atomic E-state index is 12.0. The average molecular weight is 309 g/mol. The van der Waals surface area contributed by atoms with E-state index in [-0.39, 0.29) is 6.61 Å². The molecule has 0 radical (unpaired) electrons. The Kier molecular flexibility index (Phi) is 6.06. The van der Waals surface area contributed by atoms with Crippen LogP contribution in [0.3, 0.4) is 0 Å². The molecule has 1 atom stereocenters. The van der Waals surface area contributed by atoms with E-state index in [0.29, 0.717) is 0 Å². The smallest absolute Gasteiger partial charge is 0.331 e. The number of aliphatic hydroxyl groups is 1. The van der Waals surface area contributed by atoms with Gasteiger partial charge in [0.2, 0.25) is 0 Å². The Labute approximate surface area is 128 Å². The molecule has 0 aliphatic heterocycles. The monoisotopic (exact) mass is 309 g/mol. The summed E-state index contributed by atoms with van der Waals surface area (Å²) < 4.78 is 10.5. The molecule has 0 aliphatic carbocycles. The van der Waals surface area contributed by atoms with E-state index < -0.39 is 29.4 Å². The van der Waals surface area contributed by atoms with Gasteiger partial charge in [0.15, 0.2) is 0 Å². The van der Waals surface area contributed by atoms with E-state index in [4.69, 9.17) is 4.74 Å². The second-order valence-corrected chi connectivity index (χ2v) is 5.28. The standard InChI is InChI=1S/C15H19NO6/c1-15(2,10-22-12(18)7-6-11(17)21-3)13(19)14(20)16-8-4-5-9-16/h4-9,13,19H,10H2,1-3H3/b7-6+/t13-/m0/s1. The van der Waals surface area contributed by atoms with Crippen LogP contribution in [0.5, 0.6) is 0 Å². The normalized spacial score (nSPS) is 12.9. The molecule has 0 unspecified atom stereocenters. The van der Waals surface area contributed by atoms with Crippen LogP contribution in [0.2, 0.25) is 0 Å². The highest BCUT2D eigenvalue weighted by atomic mass is 16.5. The van der Waals surface area contributed by atoms with Gasteiger partial charge in [0.1, 0.15) is 6.10 Å². The highest BCUT2D eigenvalue weighted by molar-refractivity contribution is 5.91. The molecule has 22 heavy (non-hydrogen) atoms. The Morgan fingerprint density at radius 3 is 2.27 bits per heavy atom. The summed E-state index contributed by atoms with van der Waals surface area (Å²) in [4.78, 5) is 34.3. The van der Waals surface area contributed by atoms with Crippen molar-refractivity contribution in [3.8, 4) is 0 Å². The molecule has 1 aromatic rings. The van der Waals surface area contributed by atoms with Crippen LogP contribution in [0.1, 0.15) is 18.6 Å². The summed E-state index contributed by atoms with van der Waals surface area (Å²) in [5.74, 6) is -1.96. The maximum Gasteiger partial charge on any atom is 0.331 e. The molecule has 1 heterocycles. The maximum atomic E-state index is 12.0. The molecule has 0 saturated carbocycles. The largest absolute Gasteiger partial charge is 0.466 e. The number of ether oxygens (including phenoxy) is 2. The van der Waals surface area contributed by atoms with Gasteiger partial charge >= 0.3 is 11.9 Å². The summed E-state index contributed by atoms with van der Waals surface area (Å²) in [5, 5.41) is 10.1. The van der Waals surface area contributed by atoms with Gasteiger partial charge in [-0.1, -0.05) is 13.8 Å². The number of methoxy groups -OCH3 is 1. The number of aliphatic hydroxyl groups excluding tert-OH is 1. The molecule has 0 amide bonds. The highest BCUT2D eigenvalue weighted by Crippen LogP contribution is 2.22. The third kappa shape index (κ3) is 4.85. The van der Waals surface area contributed by atoms with E-state index >= 15 is 0 Å². The SMILES string of the molecule is COC(=O)/C=C/C(=O)OCC(C)(C)[C@@H](O)C(=O)n1cccc1. The first-order chi connectivity index (χ1) is 10.3. The number of rotatable bonds is 6. The summed E-state index contributed by atoms with van der Waals surface area (Å²) in [6, 6.07) is 3.32. The third-order valence-electron chi connectivity index (χ3n) is 2.98. The molecular weight excluding hydrogens is 290 g/mol. The van der Waals surface area contributed by atoms with Gasteiger partial charge in [-0.2, -0.15) is 0 Å². The molecule has 1 rings (SSSR count). The molecule has 1 N–H and O–H groups in total. The fourth-order valence-corrected chi connectivity index (χ4v) is 1.55. The number of carbonyl (C=O) groups is 3. The Hall–Kier alpha value is -2.41. The Morgan fingerprint density at radius 1 is 1.18 bits per heavy atom. The lowest BCUT2D eigenvalue weighted by atomic mass is 9.87. The van der Waals surface area contributed by atoms with E-state index in [1.165, 1.54) is 24.1 Å². The minimum absolute atomic E-state index is 0.189. The van der Waals surface area contributed by atoms with Crippen molar-refractivity contribution in [2.24, 2.45) is 5.41 Å². The van der Waals surface area contributed by atoms with Crippen LogP contribution >= 0.6 is 0 Å². The quantitative estimate of drug-likeness (QED) is 0.616. The van der Waals surface area contributed by atoms with Crippen LogP contribution in [-0.2, 0) is 19.1 Å². The summed E-state index contributed by atoms with van der Waals surface area (Å²) in [6.07, 6.45) is 3.54. The Bertz CT molecular complexity index is 559. The van der Waals surface area contributed by atoms with Crippen LogP contribution in [-0.4, -0.2) is 47.3 Å². The fraction of sp³-hybridized carbons (Fsp3) is 0.400. The number of hydrogen-bond acceptors (Lipinski definition) is 6. The second-order valence-electron chi connectivity index (χ2n) is 5.28. The van der Waals surface area contributed by atoms with E-state index in [1.54, 1.807) is 26.0 Å². The second kappa shape index (κ2) is 7.56. The molecule has 0 aliphatic rings. The zero-order chi connectivity index (χ0) is 16.8. The molecule has 7 heteroatoms. The Morgan fingerprint density at radius 2 is 1.73 bits per heavy atom. The Balaban J connectivity index is 2.59. The van der Waals surface area contributed by atoms with Crippen molar-refractivity contribution in [1.82, 2.24) is 4.57 Å². The molecule has 120 valence electrons. The molecule has 0 saturated heterocycles. The van der Waals surface area contributed by atoms with Gasteiger partial charge in [-0.25, -0.2) is 9.59 Å². The lowest BCUT2D eigenvalue weighted by molar-refractivity contribution is -0.143. The van der Waals surface area contributed by atoms with E-state index in [0.717, 1.165) is 12.2 Å². The predicted octanol–water partition coefficient (Wildman–Crippen LogP) is 0.788. The summed E-state index contributed by atoms with van der Waals surface area (Å²) in [6.45, 7) is 3.00. The molecule has 1 aromatic heterocycles. The molecule has 0 fully saturated rings. The number of nitrogens with zero attached hydrogens (tertiary/aromatic N) is 1. The van der Waals surface area contributed by atoms with Crippen molar-refractivity contribution in [3.63, 3.8) is 0 Å². The van der Waals surface area contributed by atoms with Crippen LogP contribution in [0.15, 0.2) is 36.7 Å². The highest BCUT2D eigenvalue weighted by Gasteiger charge is 2.35. The number of aromatic nitrogens is 1. The van der Waals surface area contributed by atoms with Gasteiger partial charge < -0.3 is 14.6 Å². The van der Waals surface area contributed by atoms with Gasteiger partial charge in [-0.15, -0.1) is 0 Å². The van der Waals surface area contributed by atoms with Gasteiger partial charge in [-0.3, -0.25) is 9.36 Å². The molecular formula is C15H19NO6. The van der Waals surface area contributed by atoms with Crippen LogP contribution in [0.4, 0.5) is 0 Å². The lowest BCUT2D eigenvalue weighted by Gasteiger charge is -2.28. The zero-order valence-corrected chi connectivity index (χ0v) is 12.7. The minimum Gasteiger partial charge on any atom is -0.466 e. The molecule has 0 spiro atoms. The van der Waals surface area contributed by atoms with Crippen molar-refractivity contribution < 1.29 is 29.0 Å². The van der Waals surface area contributed by atoms with Crippen LogP contribution in [0.25, 0.3) is 0 Å². The minimum atomic E-state index is -1.35. The van der Waals surface area contributed by atoms with Gasteiger partial charge in [0, 0.05) is 30.0 Å². The van der Waals surface area contributed by atoms with Gasteiger partial charge in [0.25, 0.3) is 5.91 Å².